The zero-order valence-electron chi connectivity index (χ0n) is 10.3. The predicted octanol–water partition coefficient (Wildman–Crippen LogP) is 2.28. The van der Waals surface area contributed by atoms with Crippen molar-refractivity contribution in [3.63, 3.8) is 0 Å². The van der Waals surface area contributed by atoms with E-state index in [1.807, 2.05) is 6.92 Å². The topological polar surface area (TPSA) is 42.4 Å². The molecule has 1 aliphatic rings. The van der Waals surface area contributed by atoms with Gasteiger partial charge in [-0.3, -0.25) is 4.90 Å². The van der Waals surface area contributed by atoms with Crippen LogP contribution in [0.15, 0.2) is 10.5 Å². The van der Waals surface area contributed by atoms with Gasteiger partial charge in [-0.2, -0.15) is 0 Å². The first kappa shape index (κ1) is 11.7. The number of nitrogens with zero attached hydrogens (tertiary/aromatic N) is 1. The SMILES string of the molecule is Cc1oc(CN)cc1CN1CCC(C)CC1. The summed E-state index contributed by atoms with van der Waals surface area (Å²) in [7, 11) is 0. The molecule has 1 saturated heterocycles. The summed E-state index contributed by atoms with van der Waals surface area (Å²) in [5.41, 5.74) is 6.88. The van der Waals surface area contributed by atoms with Crippen LogP contribution in [0.3, 0.4) is 0 Å². The average Bonchev–Trinajstić information content (AvgIpc) is 2.63. The van der Waals surface area contributed by atoms with E-state index >= 15 is 0 Å². The molecule has 0 aromatic carbocycles. The lowest BCUT2D eigenvalue weighted by Gasteiger charge is -2.29. The fourth-order valence-corrected chi connectivity index (χ4v) is 2.31. The molecule has 0 radical (unpaired) electrons. The molecule has 16 heavy (non-hydrogen) atoms. The maximum absolute atomic E-state index is 5.58. The molecule has 2 rings (SSSR count). The highest BCUT2D eigenvalue weighted by atomic mass is 16.3. The van der Waals surface area contributed by atoms with Gasteiger partial charge in [0, 0.05) is 12.1 Å². The highest BCUT2D eigenvalue weighted by molar-refractivity contribution is 5.20. The molecule has 0 saturated carbocycles. The first-order valence-corrected chi connectivity index (χ1v) is 6.19. The highest BCUT2D eigenvalue weighted by Crippen LogP contribution is 2.21. The standard InChI is InChI=1S/C13H22N2O/c1-10-3-5-15(6-4-10)9-12-7-13(8-14)16-11(12)2/h7,10H,3-6,8-9,14H2,1-2H3. The Morgan fingerprint density at radius 2 is 2.12 bits per heavy atom. The van der Waals surface area contributed by atoms with Crippen molar-refractivity contribution < 1.29 is 4.42 Å². The fourth-order valence-electron chi connectivity index (χ4n) is 2.31. The first-order valence-electron chi connectivity index (χ1n) is 6.19. The van der Waals surface area contributed by atoms with Crippen LogP contribution in [0.1, 0.15) is 36.8 Å². The molecule has 1 aliphatic heterocycles. The molecule has 0 spiro atoms. The molecule has 1 aromatic rings. The number of rotatable bonds is 3. The van der Waals surface area contributed by atoms with Gasteiger partial charge in [0.2, 0.25) is 0 Å². The Balaban J connectivity index is 1.95. The van der Waals surface area contributed by atoms with Gasteiger partial charge in [0.1, 0.15) is 11.5 Å². The normalized spacial score (nSPS) is 19.2. The van der Waals surface area contributed by atoms with Gasteiger partial charge in [0.25, 0.3) is 0 Å². The van der Waals surface area contributed by atoms with Crippen molar-refractivity contribution >= 4 is 0 Å². The Bertz CT molecular complexity index is 338. The van der Waals surface area contributed by atoms with Crippen LogP contribution in [-0.2, 0) is 13.1 Å². The highest BCUT2D eigenvalue weighted by Gasteiger charge is 2.17. The summed E-state index contributed by atoms with van der Waals surface area (Å²) in [6, 6.07) is 2.10. The van der Waals surface area contributed by atoms with Crippen LogP contribution >= 0.6 is 0 Å². The van der Waals surface area contributed by atoms with Crippen LogP contribution in [0.5, 0.6) is 0 Å². The molecule has 2 heterocycles. The Labute approximate surface area is 97.6 Å². The van der Waals surface area contributed by atoms with Gasteiger partial charge < -0.3 is 10.2 Å². The lowest BCUT2D eigenvalue weighted by molar-refractivity contribution is 0.184. The van der Waals surface area contributed by atoms with Crippen LogP contribution in [0, 0.1) is 12.8 Å². The number of furan rings is 1. The van der Waals surface area contributed by atoms with E-state index in [0.717, 1.165) is 24.0 Å². The van der Waals surface area contributed by atoms with E-state index in [0.29, 0.717) is 6.54 Å². The van der Waals surface area contributed by atoms with E-state index in [-0.39, 0.29) is 0 Å². The largest absolute Gasteiger partial charge is 0.465 e. The van der Waals surface area contributed by atoms with Crippen molar-refractivity contribution in [2.75, 3.05) is 13.1 Å². The van der Waals surface area contributed by atoms with Crippen molar-refractivity contribution in [2.24, 2.45) is 11.7 Å². The van der Waals surface area contributed by atoms with E-state index in [1.165, 1.54) is 31.5 Å². The second-order valence-electron chi connectivity index (χ2n) is 4.96. The Morgan fingerprint density at radius 3 is 2.69 bits per heavy atom. The van der Waals surface area contributed by atoms with Crippen LogP contribution in [0.4, 0.5) is 0 Å². The average molecular weight is 222 g/mol. The van der Waals surface area contributed by atoms with Crippen LogP contribution < -0.4 is 5.73 Å². The Morgan fingerprint density at radius 1 is 1.44 bits per heavy atom. The monoisotopic (exact) mass is 222 g/mol. The van der Waals surface area contributed by atoms with Crippen LogP contribution in [0.2, 0.25) is 0 Å². The summed E-state index contributed by atoms with van der Waals surface area (Å²) in [5, 5.41) is 0. The molecular formula is C13H22N2O. The van der Waals surface area contributed by atoms with Crippen molar-refractivity contribution in [3.05, 3.63) is 23.2 Å². The predicted molar refractivity (Wildman–Crippen MR) is 65.0 cm³/mol. The molecule has 0 atom stereocenters. The minimum Gasteiger partial charge on any atom is -0.465 e. The van der Waals surface area contributed by atoms with E-state index < -0.39 is 0 Å². The molecule has 0 bridgehead atoms. The molecule has 1 aromatic heterocycles. The lowest BCUT2D eigenvalue weighted by Crippen LogP contribution is -2.32. The van der Waals surface area contributed by atoms with Gasteiger partial charge in [0.15, 0.2) is 0 Å². The summed E-state index contributed by atoms with van der Waals surface area (Å²) in [4.78, 5) is 2.51. The minimum absolute atomic E-state index is 0.498. The van der Waals surface area contributed by atoms with Crippen molar-refractivity contribution in [3.8, 4) is 0 Å². The second-order valence-corrected chi connectivity index (χ2v) is 4.96. The summed E-state index contributed by atoms with van der Waals surface area (Å²) in [6.07, 6.45) is 2.64. The first-order chi connectivity index (χ1) is 7.69. The number of nitrogens with two attached hydrogens (primary N) is 1. The Hall–Kier alpha value is -0.800. The molecule has 3 nitrogen and oxygen atoms in total. The van der Waals surface area contributed by atoms with Crippen molar-refractivity contribution in [1.82, 2.24) is 4.90 Å². The van der Waals surface area contributed by atoms with Gasteiger partial charge in [-0.15, -0.1) is 0 Å². The number of hydrogen-bond acceptors (Lipinski definition) is 3. The van der Waals surface area contributed by atoms with Crippen molar-refractivity contribution in [2.45, 2.75) is 39.8 Å². The summed E-state index contributed by atoms with van der Waals surface area (Å²) in [6.45, 7) is 8.31. The van der Waals surface area contributed by atoms with Crippen LogP contribution in [-0.4, -0.2) is 18.0 Å². The lowest BCUT2D eigenvalue weighted by atomic mass is 9.99. The fraction of sp³-hybridized carbons (Fsp3) is 0.692. The molecule has 2 N–H and O–H groups in total. The maximum Gasteiger partial charge on any atom is 0.118 e. The Kier molecular flexibility index (Phi) is 3.66. The van der Waals surface area contributed by atoms with Gasteiger partial charge in [-0.25, -0.2) is 0 Å². The zero-order valence-corrected chi connectivity index (χ0v) is 10.3. The van der Waals surface area contributed by atoms with E-state index in [4.69, 9.17) is 10.2 Å². The number of piperidine rings is 1. The summed E-state index contributed by atoms with van der Waals surface area (Å²) in [5.74, 6) is 2.82. The summed E-state index contributed by atoms with van der Waals surface area (Å²) < 4.78 is 5.57. The van der Waals surface area contributed by atoms with Gasteiger partial charge in [-0.05, 0) is 44.8 Å². The zero-order chi connectivity index (χ0) is 11.5. The van der Waals surface area contributed by atoms with E-state index in [1.54, 1.807) is 0 Å². The third-order valence-corrected chi connectivity index (χ3v) is 3.54. The minimum atomic E-state index is 0.498. The molecule has 0 aliphatic carbocycles. The summed E-state index contributed by atoms with van der Waals surface area (Å²) >= 11 is 0. The number of likely N-dealkylation sites (tertiary alicyclic amines) is 1. The van der Waals surface area contributed by atoms with Gasteiger partial charge in [0.05, 0.1) is 6.54 Å². The van der Waals surface area contributed by atoms with Gasteiger partial charge in [-0.1, -0.05) is 6.92 Å². The van der Waals surface area contributed by atoms with E-state index in [2.05, 4.69) is 17.9 Å². The molecule has 90 valence electrons. The third-order valence-electron chi connectivity index (χ3n) is 3.54. The molecule has 1 fully saturated rings. The molecule has 0 unspecified atom stereocenters. The van der Waals surface area contributed by atoms with E-state index in [9.17, 15) is 0 Å². The molecular weight excluding hydrogens is 200 g/mol. The smallest absolute Gasteiger partial charge is 0.118 e. The second kappa shape index (κ2) is 5.02. The number of hydrogen-bond donors (Lipinski definition) is 1. The molecule has 3 heteroatoms. The third kappa shape index (κ3) is 2.66. The number of aryl methyl sites for hydroxylation is 1. The maximum atomic E-state index is 5.58. The van der Waals surface area contributed by atoms with Crippen LogP contribution in [0.25, 0.3) is 0 Å². The quantitative estimate of drug-likeness (QED) is 0.853. The van der Waals surface area contributed by atoms with Crippen molar-refractivity contribution in [1.29, 1.82) is 0 Å². The van der Waals surface area contributed by atoms with Gasteiger partial charge >= 0.3 is 0 Å². The molecule has 0 amide bonds.